The number of hydrogen-bond donors (Lipinski definition) is 0. The van der Waals surface area contributed by atoms with Gasteiger partial charge in [-0.05, 0) is 35.9 Å². The molecule has 6 heteroatoms. The van der Waals surface area contributed by atoms with E-state index in [4.69, 9.17) is 28.6 Å². The van der Waals surface area contributed by atoms with Crippen molar-refractivity contribution in [1.29, 1.82) is 0 Å². The molecule has 0 bridgehead atoms. The lowest BCUT2D eigenvalue weighted by molar-refractivity contribution is -0.113. The fraction of sp³-hybridized carbons (Fsp3) is 0.0588. The van der Waals surface area contributed by atoms with Gasteiger partial charge in [-0.3, -0.25) is 9.69 Å². The Morgan fingerprint density at radius 2 is 1.96 bits per heavy atom. The lowest BCUT2D eigenvalue weighted by Crippen LogP contribution is -2.27. The number of ether oxygens (including phenoxy) is 1. The normalized spacial score (nSPS) is 16.3. The molecule has 3 nitrogen and oxygen atoms in total. The third-order valence-corrected chi connectivity index (χ3v) is 4.88. The summed E-state index contributed by atoms with van der Waals surface area (Å²) in [5.41, 5.74) is 1.59. The minimum Gasteiger partial charge on any atom is -0.495 e. The summed E-state index contributed by atoms with van der Waals surface area (Å²) in [6.45, 7) is 0. The van der Waals surface area contributed by atoms with Gasteiger partial charge in [-0.15, -0.1) is 0 Å². The molecule has 1 aliphatic rings. The molecule has 1 aliphatic heterocycles. The summed E-state index contributed by atoms with van der Waals surface area (Å²) >= 11 is 12.7. The zero-order chi connectivity index (χ0) is 16.4. The van der Waals surface area contributed by atoms with Crippen molar-refractivity contribution in [1.82, 2.24) is 0 Å². The van der Waals surface area contributed by atoms with E-state index in [9.17, 15) is 4.79 Å². The van der Waals surface area contributed by atoms with Gasteiger partial charge in [-0.2, -0.15) is 0 Å². The highest BCUT2D eigenvalue weighted by Gasteiger charge is 2.33. The Hall–Kier alpha value is -1.82. The van der Waals surface area contributed by atoms with Crippen molar-refractivity contribution in [2.75, 3.05) is 12.0 Å². The van der Waals surface area contributed by atoms with E-state index in [1.165, 1.54) is 16.7 Å². The van der Waals surface area contributed by atoms with Crippen LogP contribution in [0.2, 0.25) is 5.02 Å². The van der Waals surface area contributed by atoms with Gasteiger partial charge in [0.2, 0.25) is 0 Å². The molecule has 1 fully saturated rings. The van der Waals surface area contributed by atoms with Crippen LogP contribution in [0.4, 0.5) is 5.69 Å². The number of anilines is 1. The molecule has 0 unspecified atom stereocenters. The first-order valence-corrected chi connectivity index (χ1v) is 8.37. The number of amides is 1. The molecule has 116 valence electrons. The van der Waals surface area contributed by atoms with Crippen LogP contribution >= 0.6 is 35.6 Å². The predicted octanol–water partition coefficient (Wildman–Crippen LogP) is 4.75. The molecular weight excluding hydrogens is 350 g/mol. The van der Waals surface area contributed by atoms with Gasteiger partial charge in [0.1, 0.15) is 5.75 Å². The average molecular weight is 362 g/mol. The number of methoxy groups -OCH3 is 1. The van der Waals surface area contributed by atoms with Crippen LogP contribution in [0.3, 0.4) is 0 Å². The SMILES string of the molecule is COc1ccc(/C=C2/SC(=S)N(c3ccccc3)C2=O)cc1Cl. The van der Waals surface area contributed by atoms with Gasteiger partial charge < -0.3 is 4.74 Å². The van der Waals surface area contributed by atoms with E-state index in [-0.39, 0.29) is 5.91 Å². The molecule has 0 atom stereocenters. The highest BCUT2D eigenvalue weighted by Crippen LogP contribution is 2.36. The Balaban J connectivity index is 1.91. The summed E-state index contributed by atoms with van der Waals surface area (Å²) in [6.07, 6.45) is 1.79. The first-order valence-electron chi connectivity index (χ1n) is 6.76. The van der Waals surface area contributed by atoms with Gasteiger partial charge in [0.05, 0.1) is 22.7 Å². The largest absolute Gasteiger partial charge is 0.495 e. The Labute approximate surface area is 148 Å². The maximum absolute atomic E-state index is 12.6. The maximum Gasteiger partial charge on any atom is 0.270 e. The quantitative estimate of drug-likeness (QED) is 0.582. The number of carbonyl (C=O) groups is 1. The topological polar surface area (TPSA) is 29.5 Å². The van der Waals surface area contributed by atoms with E-state index in [1.54, 1.807) is 25.3 Å². The van der Waals surface area contributed by atoms with Gasteiger partial charge in [-0.25, -0.2) is 0 Å². The molecule has 0 saturated carbocycles. The molecule has 23 heavy (non-hydrogen) atoms. The zero-order valence-electron chi connectivity index (χ0n) is 12.2. The van der Waals surface area contributed by atoms with E-state index in [0.717, 1.165) is 11.3 Å². The number of benzene rings is 2. The number of rotatable bonds is 3. The van der Waals surface area contributed by atoms with Gasteiger partial charge in [0.15, 0.2) is 4.32 Å². The van der Waals surface area contributed by atoms with Crippen LogP contribution in [0.15, 0.2) is 53.4 Å². The average Bonchev–Trinajstić information content (AvgIpc) is 2.82. The van der Waals surface area contributed by atoms with Crippen LogP contribution in [-0.2, 0) is 4.79 Å². The molecule has 0 aromatic heterocycles. The number of nitrogens with zero attached hydrogens (tertiary/aromatic N) is 1. The summed E-state index contributed by atoms with van der Waals surface area (Å²) < 4.78 is 5.65. The number of carbonyl (C=O) groups excluding carboxylic acids is 1. The molecule has 3 rings (SSSR count). The van der Waals surface area contributed by atoms with Crippen molar-refractivity contribution in [3.8, 4) is 5.75 Å². The molecule has 0 spiro atoms. The van der Waals surface area contributed by atoms with Crippen LogP contribution in [-0.4, -0.2) is 17.3 Å². The molecule has 1 saturated heterocycles. The van der Waals surface area contributed by atoms with Gasteiger partial charge in [-0.1, -0.05) is 59.8 Å². The summed E-state index contributed by atoms with van der Waals surface area (Å²) in [7, 11) is 1.56. The van der Waals surface area contributed by atoms with Crippen molar-refractivity contribution in [3.63, 3.8) is 0 Å². The highest BCUT2D eigenvalue weighted by molar-refractivity contribution is 8.27. The summed E-state index contributed by atoms with van der Waals surface area (Å²) in [6, 6.07) is 14.7. The predicted molar refractivity (Wildman–Crippen MR) is 100 cm³/mol. The van der Waals surface area contributed by atoms with Gasteiger partial charge in [0.25, 0.3) is 5.91 Å². The van der Waals surface area contributed by atoms with Crippen molar-refractivity contribution in [2.45, 2.75) is 0 Å². The van der Waals surface area contributed by atoms with E-state index < -0.39 is 0 Å². The third-order valence-electron chi connectivity index (χ3n) is 3.28. The number of hydrogen-bond acceptors (Lipinski definition) is 4. The smallest absolute Gasteiger partial charge is 0.270 e. The Morgan fingerprint density at radius 3 is 2.61 bits per heavy atom. The Bertz CT molecular complexity index is 805. The van der Waals surface area contributed by atoms with Crippen molar-refractivity contribution < 1.29 is 9.53 Å². The first-order chi connectivity index (χ1) is 11.1. The van der Waals surface area contributed by atoms with E-state index in [0.29, 0.717) is 20.0 Å². The monoisotopic (exact) mass is 361 g/mol. The summed E-state index contributed by atoms with van der Waals surface area (Å²) in [5, 5.41) is 0.500. The molecule has 0 aliphatic carbocycles. The number of para-hydroxylation sites is 1. The van der Waals surface area contributed by atoms with Crippen LogP contribution in [0.5, 0.6) is 5.75 Å². The lowest BCUT2D eigenvalue weighted by Gasteiger charge is -2.13. The fourth-order valence-corrected chi connectivity index (χ4v) is 3.76. The summed E-state index contributed by atoms with van der Waals surface area (Å²) in [5.74, 6) is 0.471. The molecule has 0 N–H and O–H groups in total. The lowest BCUT2D eigenvalue weighted by atomic mass is 10.2. The molecular formula is C17H12ClNO2S2. The van der Waals surface area contributed by atoms with Gasteiger partial charge >= 0.3 is 0 Å². The standard InChI is InChI=1S/C17H12ClNO2S2/c1-21-14-8-7-11(9-13(14)18)10-15-16(20)19(17(22)23-15)12-5-3-2-4-6-12/h2-10H,1H3/b15-10+. The highest BCUT2D eigenvalue weighted by atomic mass is 35.5. The van der Waals surface area contributed by atoms with Gasteiger partial charge in [0, 0.05) is 0 Å². The fourth-order valence-electron chi connectivity index (χ4n) is 2.19. The van der Waals surface area contributed by atoms with Crippen LogP contribution in [0.1, 0.15) is 5.56 Å². The maximum atomic E-state index is 12.6. The van der Waals surface area contributed by atoms with Crippen molar-refractivity contribution in [3.05, 3.63) is 64.0 Å². The third kappa shape index (κ3) is 3.27. The van der Waals surface area contributed by atoms with E-state index in [1.807, 2.05) is 36.4 Å². The first kappa shape index (κ1) is 16.1. The second-order valence-electron chi connectivity index (χ2n) is 4.75. The molecule has 1 heterocycles. The van der Waals surface area contributed by atoms with Crippen LogP contribution in [0.25, 0.3) is 6.08 Å². The molecule has 0 radical (unpaired) electrons. The van der Waals surface area contributed by atoms with E-state index in [2.05, 4.69) is 0 Å². The van der Waals surface area contributed by atoms with Crippen molar-refractivity contribution in [2.24, 2.45) is 0 Å². The van der Waals surface area contributed by atoms with Crippen LogP contribution < -0.4 is 9.64 Å². The second kappa shape index (κ2) is 6.74. The molecule has 1 amide bonds. The Morgan fingerprint density at radius 1 is 1.22 bits per heavy atom. The minimum absolute atomic E-state index is 0.127. The summed E-state index contributed by atoms with van der Waals surface area (Å²) in [4.78, 5) is 14.7. The molecule has 2 aromatic rings. The van der Waals surface area contributed by atoms with Crippen LogP contribution in [0, 0.1) is 0 Å². The second-order valence-corrected chi connectivity index (χ2v) is 6.83. The number of thioether (sulfide) groups is 1. The minimum atomic E-state index is -0.127. The number of halogens is 1. The van der Waals surface area contributed by atoms with Crippen molar-refractivity contribution >= 4 is 57.6 Å². The number of thiocarbonyl (C=S) groups is 1. The Kier molecular flexibility index (Phi) is 4.71. The van der Waals surface area contributed by atoms with E-state index >= 15 is 0 Å². The molecule has 2 aromatic carbocycles. The zero-order valence-corrected chi connectivity index (χ0v) is 14.5.